The summed E-state index contributed by atoms with van der Waals surface area (Å²) in [6.45, 7) is 3.82. The third-order valence-electron chi connectivity index (χ3n) is 2.57. The highest BCUT2D eigenvalue weighted by molar-refractivity contribution is 5.15. The van der Waals surface area contributed by atoms with E-state index >= 15 is 0 Å². The van der Waals surface area contributed by atoms with Crippen LogP contribution in [-0.4, -0.2) is 36.2 Å². The van der Waals surface area contributed by atoms with Crippen LogP contribution < -0.4 is 5.73 Å². The van der Waals surface area contributed by atoms with Gasteiger partial charge in [-0.25, -0.2) is 0 Å². The Morgan fingerprint density at radius 2 is 2.38 bits per heavy atom. The van der Waals surface area contributed by atoms with E-state index in [1.165, 1.54) is 0 Å². The summed E-state index contributed by atoms with van der Waals surface area (Å²) >= 11 is 0. The Morgan fingerprint density at radius 1 is 1.62 bits per heavy atom. The second kappa shape index (κ2) is 3.12. The lowest BCUT2D eigenvalue weighted by atomic mass is 10.0. The normalized spacial score (nSPS) is 29.8. The number of hydrogen-bond acceptors (Lipinski definition) is 4. The number of aryl methyl sites for hydroxylation is 1. The smallest absolute Gasteiger partial charge is 0.133 e. The summed E-state index contributed by atoms with van der Waals surface area (Å²) in [5, 5.41) is 4.00. The first-order valence-electron chi connectivity index (χ1n) is 4.54. The van der Waals surface area contributed by atoms with E-state index in [1.807, 2.05) is 13.0 Å². The predicted molar refractivity (Wildman–Crippen MR) is 49.5 cm³/mol. The molecule has 0 bridgehead atoms. The Bertz CT molecular complexity index is 297. The Hall–Kier alpha value is -0.870. The molecule has 13 heavy (non-hydrogen) atoms. The summed E-state index contributed by atoms with van der Waals surface area (Å²) < 4.78 is 5.04. The zero-order valence-corrected chi connectivity index (χ0v) is 8.03. The van der Waals surface area contributed by atoms with Crippen LogP contribution in [0.5, 0.6) is 0 Å². The van der Waals surface area contributed by atoms with Crippen molar-refractivity contribution in [1.29, 1.82) is 0 Å². The summed E-state index contributed by atoms with van der Waals surface area (Å²) in [5.41, 5.74) is 6.98. The van der Waals surface area contributed by atoms with Gasteiger partial charge in [-0.1, -0.05) is 5.16 Å². The molecule has 0 saturated carbocycles. The first kappa shape index (κ1) is 8.72. The standard InChI is InChI=1S/C9H15N3O/c1-6-3-9(11-13-6)7-4-12(2)5-8(7)10/h3,7-8H,4-5,10H2,1-2H3/t7-,8-/m0/s1. The van der Waals surface area contributed by atoms with Crippen LogP contribution in [0.3, 0.4) is 0 Å². The van der Waals surface area contributed by atoms with Crippen molar-refractivity contribution in [2.45, 2.75) is 18.9 Å². The second-order valence-corrected chi connectivity index (χ2v) is 3.85. The quantitative estimate of drug-likeness (QED) is 0.678. The lowest BCUT2D eigenvalue weighted by Crippen LogP contribution is -2.28. The van der Waals surface area contributed by atoms with Gasteiger partial charge in [-0.15, -0.1) is 0 Å². The van der Waals surface area contributed by atoms with Gasteiger partial charge in [-0.05, 0) is 14.0 Å². The molecule has 1 saturated heterocycles. The zero-order chi connectivity index (χ0) is 9.42. The molecular formula is C9H15N3O. The number of likely N-dealkylation sites (N-methyl/N-ethyl adjacent to an activating group) is 1. The number of nitrogens with zero attached hydrogens (tertiary/aromatic N) is 2. The molecule has 4 nitrogen and oxygen atoms in total. The Balaban J connectivity index is 2.17. The summed E-state index contributed by atoms with van der Waals surface area (Å²) in [6.07, 6.45) is 0. The molecule has 2 heterocycles. The van der Waals surface area contributed by atoms with Gasteiger partial charge in [0.05, 0.1) is 5.69 Å². The zero-order valence-electron chi connectivity index (χ0n) is 8.03. The molecule has 2 atom stereocenters. The fourth-order valence-corrected chi connectivity index (χ4v) is 1.91. The SMILES string of the molecule is Cc1cc([C@H]2CN(C)C[C@@H]2N)no1. The predicted octanol–water partition coefficient (Wildman–Crippen LogP) is 0.339. The van der Waals surface area contributed by atoms with Crippen LogP contribution in [0, 0.1) is 6.92 Å². The minimum Gasteiger partial charge on any atom is -0.361 e. The molecule has 0 aliphatic carbocycles. The number of nitrogens with two attached hydrogens (primary N) is 1. The Morgan fingerprint density at radius 3 is 2.85 bits per heavy atom. The first-order valence-corrected chi connectivity index (χ1v) is 4.54. The number of likely N-dealkylation sites (tertiary alicyclic amines) is 1. The van der Waals surface area contributed by atoms with Crippen LogP contribution >= 0.6 is 0 Å². The van der Waals surface area contributed by atoms with Crippen molar-refractivity contribution in [2.24, 2.45) is 5.73 Å². The van der Waals surface area contributed by atoms with Crippen LogP contribution in [-0.2, 0) is 0 Å². The van der Waals surface area contributed by atoms with Crippen molar-refractivity contribution in [2.75, 3.05) is 20.1 Å². The molecule has 0 radical (unpaired) electrons. The summed E-state index contributed by atoms with van der Waals surface area (Å²) in [6, 6.07) is 2.17. The van der Waals surface area contributed by atoms with Crippen molar-refractivity contribution >= 4 is 0 Å². The van der Waals surface area contributed by atoms with Gasteiger partial charge in [-0.3, -0.25) is 0 Å². The van der Waals surface area contributed by atoms with Gasteiger partial charge in [0.25, 0.3) is 0 Å². The van der Waals surface area contributed by atoms with E-state index in [4.69, 9.17) is 10.3 Å². The van der Waals surface area contributed by atoms with Crippen molar-refractivity contribution < 1.29 is 4.52 Å². The molecule has 72 valence electrons. The summed E-state index contributed by atoms with van der Waals surface area (Å²) in [5.74, 6) is 1.19. The van der Waals surface area contributed by atoms with E-state index < -0.39 is 0 Å². The third-order valence-corrected chi connectivity index (χ3v) is 2.57. The van der Waals surface area contributed by atoms with Crippen molar-refractivity contribution in [3.63, 3.8) is 0 Å². The molecule has 4 heteroatoms. The largest absolute Gasteiger partial charge is 0.361 e. The summed E-state index contributed by atoms with van der Waals surface area (Å²) in [4.78, 5) is 2.22. The average Bonchev–Trinajstić information content (AvgIpc) is 2.58. The van der Waals surface area contributed by atoms with E-state index in [1.54, 1.807) is 0 Å². The number of rotatable bonds is 1. The van der Waals surface area contributed by atoms with Gasteiger partial charge in [0, 0.05) is 31.1 Å². The minimum absolute atomic E-state index is 0.189. The third kappa shape index (κ3) is 1.59. The van der Waals surface area contributed by atoms with Gasteiger partial charge in [0.15, 0.2) is 0 Å². The topological polar surface area (TPSA) is 55.3 Å². The van der Waals surface area contributed by atoms with E-state index in [9.17, 15) is 0 Å². The van der Waals surface area contributed by atoms with Crippen LogP contribution in [0.2, 0.25) is 0 Å². The molecular weight excluding hydrogens is 166 g/mol. The van der Waals surface area contributed by atoms with Gasteiger partial charge in [0.2, 0.25) is 0 Å². The lowest BCUT2D eigenvalue weighted by Gasteiger charge is -2.09. The molecule has 0 spiro atoms. The van der Waals surface area contributed by atoms with Crippen LogP contribution in [0.25, 0.3) is 0 Å². The molecule has 0 unspecified atom stereocenters. The summed E-state index contributed by atoms with van der Waals surface area (Å²) in [7, 11) is 2.08. The lowest BCUT2D eigenvalue weighted by molar-refractivity contribution is 0.379. The maximum atomic E-state index is 5.99. The maximum Gasteiger partial charge on any atom is 0.133 e. The van der Waals surface area contributed by atoms with E-state index in [0.29, 0.717) is 5.92 Å². The van der Waals surface area contributed by atoms with Crippen LogP contribution in [0.4, 0.5) is 0 Å². The molecule has 2 N–H and O–H groups in total. The molecule has 1 aliphatic heterocycles. The van der Waals surface area contributed by atoms with E-state index in [0.717, 1.165) is 24.5 Å². The van der Waals surface area contributed by atoms with Gasteiger partial charge in [0.1, 0.15) is 5.76 Å². The number of aromatic nitrogens is 1. The highest BCUT2D eigenvalue weighted by Crippen LogP contribution is 2.24. The molecule has 1 aliphatic rings. The fourth-order valence-electron chi connectivity index (χ4n) is 1.91. The van der Waals surface area contributed by atoms with Crippen LogP contribution in [0.15, 0.2) is 10.6 Å². The van der Waals surface area contributed by atoms with Crippen molar-refractivity contribution in [1.82, 2.24) is 10.1 Å². The Labute approximate surface area is 77.7 Å². The van der Waals surface area contributed by atoms with Crippen LogP contribution in [0.1, 0.15) is 17.4 Å². The molecule has 0 amide bonds. The minimum atomic E-state index is 0.189. The highest BCUT2D eigenvalue weighted by atomic mass is 16.5. The fraction of sp³-hybridized carbons (Fsp3) is 0.667. The van der Waals surface area contributed by atoms with Gasteiger partial charge in [-0.2, -0.15) is 0 Å². The van der Waals surface area contributed by atoms with E-state index in [2.05, 4.69) is 17.1 Å². The highest BCUT2D eigenvalue weighted by Gasteiger charge is 2.31. The van der Waals surface area contributed by atoms with Gasteiger partial charge >= 0.3 is 0 Å². The molecule has 2 rings (SSSR count). The average molecular weight is 181 g/mol. The maximum absolute atomic E-state index is 5.99. The first-order chi connectivity index (χ1) is 6.16. The van der Waals surface area contributed by atoms with Crippen molar-refractivity contribution in [3.8, 4) is 0 Å². The number of hydrogen-bond donors (Lipinski definition) is 1. The van der Waals surface area contributed by atoms with Crippen molar-refractivity contribution in [3.05, 3.63) is 17.5 Å². The monoisotopic (exact) mass is 181 g/mol. The molecule has 0 aromatic carbocycles. The second-order valence-electron chi connectivity index (χ2n) is 3.85. The van der Waals surface area contributed by atoms with Gasteiger partial charge < -0.3 is 15.2 Å². The van der Waals surface area contributed by atoms with E-state index in [-0.39, 0.29) is 6.04 Å². The molecule has 1 aromatic rings. The Kier molecular flexibility index (Phi) is 2.09. The molecule has 1 aromatic heterocycles. The molecule has 1 fully saturated rings.